The Morgan fingerprint density at radius 3 is 2.60 bits per heavy atom. The van der Waals surface area contributed by atoms with E-state index in [2.05, 4.69) is 10.4 Å². The van der Waals surface area contributed by atoms with Crippen LogP contribution in [-0.2, 0) is 6.54 Å². The second kappa shape index (κ2) is 6.45. The SMILES string of the molecule is CC(C)C(N)CNc1cnn(CC(F)(F)F)c(=O)c1Cl. The molecule has 5 nitrogen and oxygen atoms in total. The van der Waals surface area contributed by atoms with E-state index in [0.29, 0.717) is 6.54 Å². The van der Waals surface area contributed by atoms with Gasteiger partial charge in [0.25, 0.3) is 5.56 Å². The van der Waals surface area contributed by atoms with Crippen LogP contribution in [0.5, 0.6) is 0 Å². The summed E-state index contributed by atoms with van der Waals surface area (Å²) in [6.07, 6.45) is -3.45. The van der Waals surface area contributed by atoms with Crippen molar-refractivity contribution >= 4 is 17.3 Å². The number of hydrogen-bond donors (Lipinski definition) is 2. The van der Waals surface area contributed by atoms with Gasteiger partial charge in [0.15, 0.2) is 0 Å². The fourth-order valence-electron chi connectivity index (χ4n) is 1.33. The van der Waals surface area contributed by atoms with Crippen LogP contribution in [0.3, 0.4) is 0 Å². The van der Waals surface area contributed by atoms with Gasteiger partial charge in [-0.05, 0) is 5.92 Å². The average molecular weight is 313 g/mol. The van der Waals surface area contributed by atoms with Crippen LogP contribution in [0.15, 0.2) is 11.0 Å². The summed E-state index contributed by atoms with van der Waals surface area (Å²) in [4.78, 5) is 11.6. The zero-order valence-electron chi connectivity index (χ0n) is 11.0. The molecular formula is C11H16ClF3N4O. The van der Waals surface area contributed by atoms with Crippen molar-refractivity contribution < 1.29 is 13.2 Å². The van der Waals surface area contributed by atoms with E-state index >= 15 is 0 Å². The molecule has 0 aliphatic carbocycles. The highest BCUT2D eigenvalue weighted by Gasteiger charge is 2.29. The standard InChI is InChI=1S/C11H16ClF3N4O/c1-6(2)7(16)3-17-8-4-18-19(5-11(13,14)15)10(20)9(8)12/h4,6-7,17H,3,5,16H2,1-2H3. The molecule has 1 rings (SSSR count). The zero-order valence-corrected chi connectivity index (χ0v) is 11.8. The maximum atomic E-state index is 12.2. The minimum absolute atomic E-state index is 0.172. The summed E-state index contributed by atoms with van der Waals surface area (Å²) in [5, 5.41) is 5.92. The fraction of sp³-hybridized carbons (Fsp3) is 0.636. The van der Waals surface area contributed by atoms with Crippen LogP contribution in [0.4, 0.5) is 18.9 Å². The third kappa shape index (κ3) is 4.68. The Balaban J connectivity index is 2.87. The van der Waals surface area contributed by atoms with Gasteiger partial charge in [0.2, 0.25) is 0 Å². The Morgan fingerprint density at radius 2 is 2.10 bits per heavy atom. The number of aromatic nitrogens is 2. The topological polar surface area (TPSA) is 72.9 Å². The Hall–Kier alpha value is -1.28. The van der Waals surface area contributed by atoms with Crippen molar-refractivity contribution in [2.24, 2.45) is 11.7 Å². The van der Waals surface area contributed by atoms with Crippen molar-refractivity contribution in [1.29, 1.82) is 0 Å². The first-order chi connectivity index (χ1) is 9.11. The molecule has 0 aliphatic rings. The predicted molar refractivity (Wildman–Crippen MR) is 70.9 cm³/mol. The fourth-order valence-corrected chi connectivity index (χ4v) is 1.55. The van der Waals surface area contributed by atoms with Gasteiger partial charge in [0.1, 0.15) is 11.6 Å². The summed E-state index contributed by atoms with van der Waals surface area (Å²) in [5.41, 5.74) is 4.99. The smallest absolute Gasteiger partial charge is 0.381 e. The summed E-state index contributed by atoms with van der Waals surface area (Å²) < 4.78 is 36.9. The van der Waals surface area contributed by atoms with Crippen molar-refractivity contribution in [2.45, 2.75) is 32.6 Å². The van der Waals surface area contributed by atoms with Crippen LogP contribution in [-0.4, -0.2) is 28.5 Å². The summed E-state index contributed by atoms with van der Waals surface area (Å²) >= 11 is 5.75. The van der Waals surface area contributed by atoms with Crippen molar-refractivity contribution in [3.05, 3.63) is 21.6 Å². The highest BCUT2D eigenvalue weighted by molar-refractivity contribution is 6.32. The molecule has 1 heterocycles. The quantitative estimate of drug-likeness (QED) is 0.870. The maximum Gasteiger partial charge on any atom is 0.408 e. The summed E-state index contributed by atoms with van der Waals surface area (Å²) in [7, 11) is 0. The number of nitrogens with one attached hydrogen (secondary N) is 1. The molecule has 0 saturated heterocycles. The lowest BCUT2D eigenvalue weighted by atomic mass is 10.1. The molecule has 1 atom stereocenters. The van der Waals surface area contributed by atoms with Gasteiger partial charge in [-0.3, -0.25) is 4.79 Å². The van der Waals surface area contributed by atoms with E-state index in [-0.39, 0.29) is 27.4 Å². The lowest BCUT2D eigenvalue weighted by molar-refractivity contribution is -0.143. The predicted octanol–water partition coefficient (Wildman–Crippen LogP) is 1.85. The largest absolute Gasteiger partial charge is 0.408 e. The van der Waals surface area contributed by atoms with Gasteiger partial charge in [-0.15, -0.1) is 0 Å². The van der Waals surface area contributed by atoms with Gasteiger partial charge >= 0.3 is 6.18 Å². The molecular weight excluding hydrogens is 297 g/mol. The summed E-state index contributed by atoms with van der Waals surface area (Å²) in [6.45, 7) is 2.71. The lowest BCUT2D eigenvalue weighted by Crippen LogP contribution is -2.35. The molecule has 0 saturated carbocycles. The number of rotatable bonds is 5. The third-order valence-electron chi connectivity index (χ3n) is 2.70. The van der Waals surface area contributed by atoms with Crippen LogP contribution < -0.4 is 16.6 Å². The van der Waals surface area contributed by atoms with Crippen molar-refractivity contribution in [2.75, 3.05) is 11.9 Å². The van der Waals surface area contributed by atoms with E-state index in [1.807, 2.05) is 13.8 Å². The molecule has 3 N–H and O–H groups in total. The molecule has 0 aromatic carbocycles. The monoisotopic (exact) mass is 312 g/mol. The number of anilines is 1. The average Bonchev–Trinajstić information content (AvgIpc) is 2.32. The van der Waals surface area contributed by atoms with Gasteiger partial charge < -0.3 is 11.1 Å². The van der Waals surface area contributed by atoms with E-state index < -0.39 is 18.3 Å². The minimum atomic E-state index is -4.53. The van der Waals surface area contributed by atoms with Gasteiger partial charge in [-0.25, -0.2) is 4.68 Å². The number of alkyl halides is 3. The second-order valence-corrected chi connectivity index (χ2v) is 5.12. The van der Waals surface area contributed by atoms with E-state index in [1.54, 1.807) is 0 Å². The van der Waals surface area contributed by atoms with Crippen LogP contribution in [0.1, 0.15) is 13.8 Å². The normalized spacial score (nSPS) is 13.6. The van der Waals surface area contributed by atoms with E-state index in [4.69, 9.17) is 17.3 Å². The lowest BCUT2D eigenvalue weighted by Gasteiger charge is -2.17. The molecule has 0 radical (unpaired) electrons. The van der Waals surface area contributed by atoms with Crippen molar-refractivity contribution in [1.82, 2.24) is 9.78 Å². The van der Waals surface area contributed by atoms with Gasteiger partial charge in [0, 0.05) is 12.6 Å². The molecule has 1 aromatic rings. The second-order valence-electron chi connectivity index (χ2n) is 4.74. The van der Waals surface area contributed by atoms with Gasteiger partial charge in [-0.1, -0.05) is 25.4 Å². The highest BCUT2D eigenvalue weighted by Crippen LogP contribution is 2.19. The first kappa shape index (κ1) is 16.8. The first-order valence-corrected chi connectivity index (χ1v) is 6.31. The molecule has 0 bridgehead atoms. The molecule has 114 valence electrons. The minimum Gasteiger partial charge on any atom is -0.381 e. The van der Waals surface area contributed by atoms with Crippen LogP contribution in [0, 0.1) is 5.92 Å². The summed E-state index contributed by atoms with van der Waals surface area (Å²) in [5.74, 6) is 0.208. The molecule has 1 aromatic heterocycles. The molecule has 1 unspecified atom stereocenters. The van der Waals surface area contributed by atoms with Crippen molar-refractivity contribution in [3.63, 3.8) is 0 Å². The van der Waals surface area contributed by atoms with Crippen LogP contribution in [0.25, 0.3) is 0 Å². The van der Waals surface area contributed by atoms with Gasteiger partial charge in [-0.2, -0.15) is 18.3 Å². The van der Waals surface area contributed by atoms with Crippen molar-refractivity contribution in [3.8, 4) is 0 Å². The Kier molecular flexibility index (Phi) is 5.41. The molecule has 0 spiro atoms. The van der Waals surface area contributed by atoms with E-state index in [9.17, 15) is 18.0 Å². The molecule has 0 amide bonds. The van der Waals surface area contributed by atoms with E-state index in [0.717, 1.165) is 6.20 Å². The first-order valence-electron chi connectivity index (χ1n) is 5.93. The highest BCUT2D eigenvalue weighted by atomic mass is 35.5. The Bertz CT molecular complexity index is 515. The van der Waals surface area contributed by atoms with Crippen LogP contribution in [0.2, 0.25) is 5.02 Å². The zero-order chi connectivity index (χ0) is 15.5. The molecule has 9 heteroatoms. The number of halogens is 4. The number of nitrogens with zero attached hydrogens (tertiary/aromatic N) is 2. The maximum absolute atomic E-state index is 12.2. The van der Waals surface area contributed by atoms with Gasteiger partial charge in [0.05, 0.1) is 11.9 Å². The Labute approximate surface area is 118 Å². The Morgan fingerprint density at radius 1 is 1.50 bits per heavy atom. The number of nitrogens with two attached hydrogens (primary N) is 1. The van der Waals surface area contributed by atoms with Crippen LogP contribution >= 0.6 is 11.6 Å². The van der Waals surface area contributed by atoms with E-state index in [1.165, 1.54) is 0 Å². The molecule has 0 aliphatic heterocycles. The summed E-state index contributed by atoms with van der Waals surface area (Å²) in [6, 6.07) is -0.177. The molecule has 20 heavy (non-hydrogen) atoms. The number of hydrogen-bond acceptors (Lipinski definition) is 4. The molecule has 0 fully saturated rings. The third-order valence-corrected chi connectivity index (χ3v) is 3.06.